The van der Waals surface area contributed by atoms with Crippen LogP contribution < -0.4 is 5.32 Å². The van der Waals surface area contributed by atoms with Crippen molar-refractivity contribution in [3.8, 4) is 0 Å². The van der Waals surface area contributed by atoms with Gasteiger partial charge >= 0.3 is 12.1 Å². The average molecular weight is 269 g/mol. The van der Waals surface area contributed by atoms with Crippen LogP contribution in [0.3, 0.4) is 0 Å². The van der Waals surface area contributed by atoms with E-state index in [0.717, 1.165) is 6.42 Å². The second-order valence-electron chi connectivity index (χ2n) is 5.28. The average Bonchev–Trinajstić information content (AvgIpc) is 2.19. The number of carbonyl (C=O) groups is 1. The first-order valence-electron chi connectivity index (χ1n) is 6.12. The van der Waals surface area contributed by atoms with Crippen molar-refractivity contribution in [1.29, 1.82) is 0 Å². The van der Waals surface area contributed by atoms with E-state index >= 15 is 0 Å². The molecule has 0 aliphatic heterocycles. The maximum atomic E-state index is 11.8. The molecule has 6 heteroatoms. The summed E-state index contributed by atoms with van der Waals surface area (Å²) in [5.41, 5.74) is -0.102. The fourth-order valence-corrected chi connectivity index (χ4v) is 1.54. The van der Waals surface area contributed by atoms with Crippen molar-refractivity contribution in [3.05, 3.63) is 0 Å². The Labute approximate surface area is 106 Å². The predicted octanol–water partition coefficient (Wildman–Crippen LogP) is 3.20. The predicted molar refractivity (Wildman–Crippen MR) is 63.4 cm³/mol. The quantitative estimate of drug-likeness (QED) is 0.632. The van der Waals surface area contributed by atoms with Gasteiger partial charge in [0.25, 0.3) is 0 Å². The smallest absolute Gasteiger partial charge is 0.389 e. The van der Waals surface area contributed by atoms with Crippen LogP contribution in [0, 0.1) is 5.41 Å². The number of alkyl halides is 3. The number of carboxylic acid groups (broad SMARTS) is 1. The summed E-state index contributed by atoms with van der Waals surface area (Å²) in [5, 5.41) is 11.5. The van der Waals surface area contributed by atoms with Gasteiger partial charge in [-0.3, -0.25) is 4.79 Å². The van der Waals surface area contributed by atoms with Crippen molar-refractivity contribution >= 4 is 5.97 Å². The van der Waals surface area contributed by atoms with E-state index in [1.807, 2.05) is 13.8 Å². The molecule has 0 aromatic rings. The molecule has 0 aliphatic rings. The van der Waals surface area contributed by atoms with E-state index in [9.17, 15) is 18.0 Å². The molecule has 3 nitrogen and oxygen atoms in total. The molecule has 0 saturated heterocycles. The number of carboxylic acids is 1. The topological polar surface area (TPSA) is 49.3 Å². The van der Waals surface area contributed by atoms with E-state index in [2.05, 4.69) is 5.32 Å². The number of aliphatic carboxylic acids is 1. The Balaban J connectivity index is 3.55. The minimum Gasteiger partial charge on any atom is -0.481 e. The van der Waals surface area contributed by atoms with E-state index in [0.29, 0.717) is 19.5 Å². The van der Waals surface area contributed by atoms with E-state index in [1.165, 1.54) is 0 Å². The molecule has 0 saturated carbocycles. The van der Waals surface area contributed by atoms with Gasteiger partial charge in [-0.2, -0.15) is 13.2 Å². The molecule has 0 fully saturated rings. The summed E-state index contributed by atoms with van der Waals surface area (Å²) >= 11 is 0. The summed E-state index contributed by atoms with van der Waals surface area (Å²) in [5.74, 6) is -0.818. The summed E-state index contributed by atoms with van der Waals surface area (Å²) in [7, 11) is 0. The molecular formula is C12H22F3NO2. The highest BCUT2D eigenvalue weighted by atomic mass is 19.4. The molecule has 0 heterocycles. The number of hydrogen-bond donors (Lipinski definition) is 2. The highest BCUT2D eigenvalue weighted by Gasteiger charge is 2.25. The molecule has 0 spiro atoms. The van der Waals surface area contributed by atoms with Crippen molar-refractivity contribution in [2.45, 2.75) is 52.1 Å². The highest BCUT2D eigenvalue weighted by molar-refractivity contribution is 5.66. The Morgan fingerprint density at radius 2 is 1.72 bits per heavy atom. The molecule has 0 radical (unpaired) electrons. The second-order valence-corrected chi connectivity index (χ2v) is 5.28. The third-order valence-electron chi connectivity index (χ3n) is 2.81. The number of hydrogen-bond acceptors (Lipinski definition) is 2. The number of rotatable bonds is 9. The van der Waals surface area contributed by atoms with Gasteiger partial charge in [0.1, 0.15) is 0 Å². The van der Waals surface area contributed by atoms with Crippen LogP contribution in [0.25, 0.3) is 0 Å². The van der Waals surface area contributed by atoms with Crippen LogP contribution in [0.1, 0.15) is 46.0 Å². The fraction of sp³-hybridized carbons (Fsp3) is 0.917. The molecule has 0 rings (SSSR count). The standard InChI is InChI=1S/C12H22F3NO2/c1-11(2,6-4-10(17)18)7-9-16-8-3-5-12(13,14)15/h16H,3-9H2,1-2H3,(H,17,18). The number of halogens is 3. The monoisotopic (exact) mass is 269 g/mol. The van der Waals surface area contributed by atoms with E-state index in [4.69, 9.17) is 5.11 Å². The molecule has 108 valence electrons. The van der Waals surface area contributed by atoms with E-state index in [-0.39, 0.29) is 18.3 Å². The van der Waals surface area contributed by atoms with E-state index < -0.39 is 18.6 Å². The van der Waals surface area contributed by atoms with Crippen molar-refractivity contribution < 1.29 is 23.1 Å². The Hall–Kier alpha value is -0.780. The Morgan fingerprint density at radius 3 is 2.22 bits per heavy atom. The van der Waals surface area contributed by atoms with Crippen molar-refractivity contribution in [1.82, 2.24) is 5.32 Å². The zero-order valence-corrected chi connectivity index (χ0v) is 10.9. The van der Waals surface area contributed by atoms with Gasteiger partial charge in [-0.25, -0.2) is 0 Å². The van der Waals surface area contributed by atoms with Crippen molar-refractivity contribution in [3.63, 3.8) is 0 Å². The maximum absolute atomic E-state index is 11.8. The van der Waals surface area contributed by atoms with Gasteiger partial charge in [0.2, 0.25) is 0 Å². The molecule has 2 N–H and O–H groups in total. The lowest BCUT2D eigenvalue weighted by Crippen LogP contribution is -2.24. The zero-order chi connectivity index (χ0) is 14.2. The first kappa shape index (κ1) is 17.2. The lowest BCUT2D eigenvalue weighted by Gasteiger charge is -2.23. The molecule has 0 aromatic carbocycles. The minimum atomic E-state index is -4.08. The van der Waals surface area contributed by atoms with E-state index in [1.54, 1.807) is 0 Å². The molecule has 0 aliphatic carbocycles. The first-order chi connectivity index (χ1) is 8.12. The lowest BCUT2D eigenvalue weighted by molar-refractivity contribution is -0.137. The summed E-state index contributed by atoms with van der Waals surface area (Å²) in [4.78, 5) is 10.4. The molecule has 0 aromatic heterocycles. The Kier molecular flexibility index (Phi) is 7.28. The lowest BCUT2D eigenvalue weighted by atomic mass is 9.84. The van der Waals surface area contributed by atoms with Crippen LogP contribution >= 0.6 is 0 Å². The van der Waals surface area contributed by atoms with Crippen molar-refractivity contribution in [2.75, 3.05) is 13.1 Å². The first-order valence-corrected chi connectivity index (χ1v) is 6.12. The normalized spacial score (nSPS) is 12.7. The summed E-state index contributed by atoms with van der Waals surface area (Å²) in [6.07, 6.45) is -3.30. The van der Waals surface area contributed by atoms with Gasteiger partial charge in [0.15, 0.2) is 0 Å². The second kappa shape index (κ2) is 7.61. The molecule has 0 bridgehead atoms. The summed E-state index contributed by atoms with van der Waals surface area (Å²) < 4.78 is 35.5. The SMILES string of the molecule is CC(C)(CCNCCCC(F)(F)F)CCC(=O)O. The zero-order valence-electron chi connectivity index (χ0n) is 10.9. The van der Waals surface area contributed by atoms with Crippen LogP contribution in [-0.4, -0.2) is 30.3 Å². The van der Waals surface area contributed by atoms with Gasteiger partial charge in [0.05, 0.1) is 0 Å². The van der Waals surface area contributed by atoms with Crippen LogP contribution in [0.4, 0.5) is 13.2 Å². The third kappa shape index (κ3) is 11.7. The highest BCUT2D eigenvalue weighted by Crippen LogP contribution is 2.26. The Bertz CT molecular complexity index is 252. The van der Waals surface area contributed by atoms with Crippen LogP contribution in [0.2, 0.25) is 0 Å². The summed E-state index contributed by atoms with van der Waals surface area (Å²) in [6, 6.07) is 0. The van der Waals surface area contributed by atoms with Crippen LogP contribution in [-0.2, 0) is 4.79 Å². The summed E-state index contributed by atoms with van der Waals surface area (Å²) in [6.45, 7) is 4.89. The largest absolute Gasteiger partial charge is 0.481 e. The van der Waals surface area contributed by atoms with Gasteiger partial charge < -0.3 is 10.4 Å². The molecule has 18 heavy (non-hydrogen) atoms. The van der Waals surface area contributed by atoms with Gasteiger partial charge in [0, 0.05) is 12.8 Å². The number of nitrogens with one attached hydrogen (secondary N) is 1. The van der Waals surface area contributed by atoms with Gasteiger partial charge in [-0.05, 0) is 37.8 Å². The molecule has 0 atom stereocenters. The van der Waals surface area contributed by atoms with Gasteiger partial charge in [-0.1, -0.05) is 13.8 Å². The molecular weight excluding hydrogens is 247 g/mol. The fourth-order valence-electron chi connectivity index (χ4n) is 1.54. The maximum Gasteiger partial charge on any atom is 0.389 e. The van der Waals surface area contributed by atoms with Crippen molar-refractivity contribution in [2.24, 2.45) is 5.41 Å². The third-order valence-corrected chi connectivity index (χ3v) is 2.81. The van der Waals surface area contributed by atoms with Crippen LogP contribution in [0.5, 0.6) is 0 Å². The Morgan fingerprint density at radius 1 is 1.11 bits per heavy atom. The van der Waals surface area contributed by atoms with Crippen LogP contribution in [0.15, 0.2) is 0 Å². The molecule has 0 unspecified atom stereocenters. The molecule has 0 amide bonds. The van der Waals surface area contributed by atoms with Gasteiger partial charge in [-0.15, -0.1) is 0 Å². The minimum absolute atomic E-state index is 0.0824.